The van der Waals surface area contributed by atoms with Gasteiger partial charge in [0.25, 0.3) is 5.91 Å². The van der Waals surface area contributed by atoms with Gasteiger partial charge in [0.1, 0.15) is 0 Å². The fraction of sp³-hybridized carbons (Fsp3) is 0.400. The van der Waals surface area contributed by atoms with Gasteiger partial charge in [-0.15, -0.1) is 0 Å². The van der Waals surface area contributed by atoms with Gasteiger partial charge < -0.3 is 20.5 Å². The molecular weight excluding hydrogens is 256 g/mol. The number of carbonyl (C=O) groups excluding carboxylic acids is 1. The molecule has 0 spiro atoms. The number of hydrogen-bond donors (Lipinski definition) is 2. The van der Waals surface area contributed by atoms with Gasteiger partial charge >= 0.3 is 0 Å². The zero-order valence-electron chi connectivity index (χ0n) is 11.2. The average Bonchev–Trinajstić information content (AvgIpc) is 2.52. The summed E-state index contributed by atoms with van der Waals surface area (Å²) >= 11 is 0. The van der Waals surface area contributed by atoms with Crippen molar-refractivity contribution in [1.82, 2.24) is 4.90 Å². The van der Waals surface area contributed by atoms with Crippen LogP contribution in [-0.4, -0.2) is 54.9 Å². The first-order chi connectivity index (χ1) is 9.76. The Morgan fingerprint density at radius 2 is 2.30 bits per heavy atom. The van der Waals surface area contributed by atoms with Gasteiger partial charge in [-0.2, -0.15) is 0 Å². The van der Waals surface area contributed by atoms with E-state index in [-0.39, 0.29) is 25.2 Å². The zero-order chi connectivity index (χ0) is 14.4. The Hall–Kier alpha value is -1.87. The molecule has 1 aromatic rings. The lowest BCUT2D eigenvalue weighted by molar-refractivity contribution is -0.0447. The molecule has 5 nitrogen and oxygen atoms in total. The van der Waals surface area contributed by atoms with E-state index >= 15 is 0 Å². The van der Waals surface area contributed by atoms with E-state index < -0.39 is 0 Å². The first-order valence-corrected chi connectivity index (χ1v) is 6.56. The predicted molar refractivity (Wildman–Crippen MR) is 75.1 cm³/mol. The van der Waals surface area contributed by atoms with E-state index in [1.807, 2.05) is 12.1 Å². The van der Waals surface area contributed by atoms with E-state index in [0.717, 1.165) is 0 Å². The van der Waals surface area contributed by atoms with Gasteiger partial charge in [-0.3, -0.25) is 4.79 Å². The van der Waals surface area contributed by atoms with Crippen molar-refractivity contribution in [2.45, 2.75) is 6.10 Å². The van der Waals surface area contributed by atoms with Crippen LogP contribution >= 0.6 is 0 Å². The topological polar surface area (TPSA) is 75.8 Å². The van der Waals surface area contributed by atoms with Gasteiger partial charge in [0, 0.05) is 18.7 Å². The highest BCUT2D eigenvalue weighted by molar-refractivity contribution is 5.96. The highest BCUT2D eigenvalue weighted by Crippen LogP contribution is 2.14. The van der Waals surface area contributed by atoms with Gasteiger partial charge in [-0.05, 0) is 12.1 Å². The van der Waals surface area contributed by atoms with Gasteiger partial charge in [0.2, 0.25) is 0 Å². The Morgan fingerprint density at radius 3 is 3.05 bits per heavy atom. The van der Waals surface area contributed by atoms with Gasteiger partial charge in [-0.25, -0.2) is 0 Å². The molecule has 1 amide bonds. The van der Waals surface area contributed by atoms with E-state index in [1.165, 1.54) is 0 Å². The number of amides is 1. The number of hydrogen-bond acceptors (Lipinski definition) is 4. The van der Waals surface area contributed by atoms with Gasteiger partial charge in [0.15, 0.2) is 0 Å². The summed E-state index contributed by atoms with van der Waals surface area (Å²) in [6, 6.07) is 7.21. The van der Waals surface area contributed by atoms with Crippen LogP contribution in [0.5, 0.6) is 0 Å². The van der Waals surface area contributed by atoms with Crippen molar-refractivity contribution in [2.75, 3.05) is 32.8 Å². The minimum absolute atomic E-state index is 0.0849. The van der Waals surface area contributed by atoms with E-state index in [9.17, 15) is 4.79 Å². The molecule has 1 atom stereocenters. The van der Waals surface area contributed by atoms with E-state index in [4.69, 9.17) is 15.6 Å². The molecule has 20 heavy (non-hydrogen) atoms. The largest absolute Gasteiger partial charge is 0.394 e. The van der Waals surface area contributed by atoms with Crippen LogP contribution in [0.15, 0.2) is 24.3 Å². The summed E-state index contributed by atoms with van der Waals surface area (Å²) in [7, 11) is 0. The molecule has 0 bridgehead atoms. The number of aliphatic hydroxyl groups excluding tert-OH is 1. The number of aliphatic hydroxyl groups is 1. The van der Waals surface area contributed by atoms with Crippen LogP contribution in [0.3, 0.4) is 0 Å². The number of morpholine rings is 1. The Kier molecular flexibility index (Phi) is 5.13. The molecule has 1 unspecified atom stereocenters. The van der Waals surface area contributed by atoms with Gasteiger partial charge in [0.05, 0.1) is 31.4 Å². The zero-order valence-corrected chi connectivity index (χ0v) is 11.2. The molecular formula is C15H18N2O3. The first-order valence-electron chi connectivity index (χ1n) is 6.56. The molecule has 106 valence electrons. The lowest BCUT2D eigenvalue weighted by Gasteiger charge is -2.32. The third-order valence-electron chi connectivity index (χ3n) is 3.11. The molecule has 2 rings (SSSR count). The number of nitrogens with two attached hydrogens (primary N) is 1. The summed E-state index contributed by atoms with van der Waals surface area (Å²) < 4.78 is 5.35. The Bertz CT molecular complexity index is 533. The molecule has 1 aliphatic rings. The molecule has 0 aromatic heterocycles. The monoisotopic (exact) mass is 274 g/mol. The number of carbonyl (C=O) groups is 1. The van der Waals surface area contributed by atoms with Crippen LogP contribution in [0, 0.1) is 11.8 Å². The van der Waals surface area contributed by atoms with Gasteiger partial charge in [-0.1, -0.05) is 24.0 Å². The molecule has 0 aliphatic carbocycles. The van der Waals surface area contributed by atoms with E-state index in [2.05, 4.69) is 11.8 Å². The summed E-state index contributed by atoms with van der Waals surface area (Å²) in [5, 5.41) is 9.13. The highest BCUT2D eigenvalue weighted by atomic mass is 16.5. The Morgan fingerprint density at radius 1 is 1.50 bits per heavy atom. The van der Waals surface area contributed by atoms with Crippen molar-refractivity contribution in [3.05, 3.63) is 35.4 Å². The summed E-state index contributed by atoms with van der Waals surface area (Å²) in [4.78, 5) is 14.2. The minimum Gasteiger partial charge on any atom is -0.394 e. The lowest BCUT2D eigenvalue weighted by Crippen LogP contribution is -2.47. The van der Waals surface area contributed by atoms with Crippen LogP contribution in [-0.2, 0) is 4.74 Å². The number of benzene rings is 1. The maximum Gasteiger partial charge on any atom is 0.255 e. The Labute approximate surface area is 118 Å². The fourth-order valence-electron chi connectivity index (χ4n) is 2.11. The molecule has 1 saturated heterocycles. The van der Waals surface area contributed by atoms with E-state index in [1.54, 1.807) is 17.0 Å². The van der Waals surface area contributed by atoms with Crippen LogP contribution in [0.2, 0.25) is 0 Å². The second kappa shape index (κ2) is 7.06. The van der Waals surface area contributed by atoms with Crippen LogP contribution < -0.4 is 5.73 Å². The maximum absolute atomic E-state index is 12.5. The molecule has 1 aromatic carbocycles. The normalized spacial score (nSPS) is 18.3. The molecule has 3 N–H and O–H groups in total. The van der Waals surface area contributed by atoms with Crippen molar-refractivity contribution >= 4 is 5.91 Å². The molecule has 1 aliphatic heterocycles. The first kappa shape index (κ1) is 14.5. The molecule has 1 heterocycles. The summed E-state index contributed by atoms with van der Waals surface area (Å²) in [6.45, 7) is 1.53. The quantitative estimate of drug-likeness (QED) is 0.734. The number of ether oxygens (including phenoxy) is 1. The van der Waals surface area contributed by atoms with Crippen molar-refractivity contribution < 1.29 is 14.6 Å². The fourth-order valence-corrected chi connectivity index (χ4v) is 2.11. The van der Waals surface area contributed by atoms with E-state index in [0.29, 0.717) is 30.8 Å². The summed E-state index contributed by atoms with van der Waals surface area (Å²) in [5.41, 5.74) is 6.61. The van der Waals surface area contributed by atoms with Crippen molar-refractivity contribution in [2.24, 2.45) is 5.73 Å². The lowest BCUT2D eigenvalue weighted by atomic mass is 10.1. The van der Waals surface area contributed by atoms with Crippen molar-refractivity contribution in [3.8, 4) is 11.8 Å². The second-order valence-corrected chi connectivity index (χ2v) is 4.48. The molecule has 5 heteroatoms. The highest BCUT2D eigenvalue weighted by Gasteiger charge is 2.25. The summed E-state index contributed by atoms with van der Waals surface area (Å²) in [6.07, 6.45) is -0.310. The third kappa shape index (κ3) is 3.36. The summed E-state index contributed by atoms with van der Waals surface area (Å²) in [5.74, 6) is 5.59. The number of rotatable bonds is 2. The van der Waals surface area contributed by atoms with Crippen LogP contribution in [0.25, 0.3) is 0 Å². The molecule has 1 fully saturated rings. The van der Waals surface area contributed by atoms with Crippen LogP contribution in [0.4, 0.5) is 0 Å². The minimum atomic E-state index is -0.310. The second-order valence-electron chi connectivity index (χ2n) is 4.48. The third-order valence-corrected chi connectivity index (χ3v) is 3.11. The van der Waals surface area contributed by atoms with Crippen LogP contribution in [0.1, 0.15) is 15.9 Å². The molecule has 0 radical (unpaired) electrons. The standard InChI is InChI=1S/C15H18N2O3/c16-7-3-5-12-4-1-2-6-14(12)15(19)17-8-9-20-13(10-17)11-18/h1-2,4,6,13,18H,7-11,16H2. The smallest absolute Gasteiger partial charge is 0.255 e. The Balaban J connectivity index is 2.20. The SMILES string of the molecule is NCC#Cc1ccccc1C(=O)N1CCOC(CO)C1. The average molecular weight is 274 g/mol. The predicted octanol–water partition coefficient (Wildman–Crippen LogP) is -0.170. The van der Waals surface area contributed by atoms with Crippen molar-refractivity contribution in [3.63, 3.8) is 0 Å². The maximum atomic E-state index is 12.5. The number of nitrogens with zero attached hydrogens (tertiary/aromatic N) is 1. The molecule has 0 saturated carbocycles. The van der Waals surface area contributed by atoms with Crippen molar-refractivity contribution in [1.29, 1.82) is 0 Å².